The lowest BCUT2D eigenvalue weighted by atomic mass is 10.1. The Morgan fingerprint density at radius 3 is 2.26 bits per heavy atom. The van der Waals surface area contributed by atoms with E-state index in [1.165, 1.54) is 4.31 Å². The predicted molar refractivity (Wildman–Crippen MR) is 87.1 cm³/mol. The first kappa shape index (κ1) is 16.4. The number of amides is 1. The Morgan fingerprint density at radius 1 is 1.04 bits per heavy atom. The highest BCUT2D eigenvalue weighted by Crippen LogP contribution is 2.27. The summed E-state index contributed by atoms with van der Waals surface area (Å²) in [4.78, 5) is 14.6. The van der Waals surface area contributed by atoms with Gasteiger partial charge in [-0.15, -0.1) is 0 Å². The smallest absolute Gasteiger partial charge is 0.243 e. The van der Waals surface area contributed by atoms with Crippen LogP contribution in [0.2, 0.25) is 0 Å². The number of rotatable bonds is 3. The van der Waals surface area contributed by atoms with E-state index in [-0.39, 0.29) is 17.9 Å². The molecule has 1 heterocycles. The quantitative estimate of drug-likeness (QED) is 0.878. The van der Waals surface area contributed by atoms with E-state index in [9.17, 15) is 13.2 Å². The van der Waals surface area contributed by atoms with Gasteiger partial charge in [0.05, 0.1) is 4.90 Å². The van der Waals surface area contributed by atoms with Crippen LogP contribution in [0.1, 0.15) is 19.3 Å². The van der Waals surface area contributed by atoms with Crippen molar-refractivity contribution in [2.24, 2.45) is 11.7 Å². The summed E-state index contributed by atoms with van der Waals surface area (Å²) >= 11 is 0. The summed E-state index contributed by atoms with van der Waals surface area (Å²) in [5.41, 5.74) is 5.88. The SMILES string of the molecule is NC1CCC(C(=O)N2CCN(S(=O)(=O)c3ccccc3)CC2)C1. The second kappa shape index (κ2) is 6.59. The zero-order valence-electron chi connectivity index (χ0n) is 13.1. The summed E-state index contributed by atoms with van der Waals surface area (Å²) in [6, 6.07) is 8.57. The van der Waals surface area contributed by atoms with Gasteiger partial charge in [0.2, 0.25) is 15.9 Å². The predicted octanol–water partition coefficient (Wildman–Crippen LogP) is 0.647. The minimum atomic E-state index is -3.46. The highest BCUT2D eigenvalue weighted by molar-refractivity contribution is 7.89. The van der Waals surface area contributed by atoms with Crippen LogP contribution in [-0.2, 0) is 14.8 Å². The number of hydrogen-bond donors (Lipinski definition) is 1. The number of nitrogens with zero attached hydrogens (tertiary/aromatic N) is 2. The first-order valence-electron chi connectivity index (χ1n) is 8.08. The van der Waals surface area contributed by atoms with E-state index >= 15 is 0 Å². The third-order valence-electron chi connectivity index (χ3n) is 4.75. The fourth-order valence-corrected chi connectivity index (χ4v) is 4.83. The first-order chi connectivity index (χ1) is 11.0. The van der Waals surface area contributed by atoms with E-state index < -0.39 is 10.0 Å². The molecule has 1 aliphatic carbocycles. The van der Waals surface area contributed by atoms with Gasteiger partial charge in [0.25, 0.3) is 0 Å². The number of nitrogens with two attached hydrogens (primary N) is 1. The van der Waals surface area contributed by atoms with Crippen molar-refractivity contribution in [2.75, 3.05) is 26.2 Å². The van der Waals surface area contributed by atoms with Crippen molar-refractivity contribution >= 4 is 15.9 Å². The van der Waals surface area contributed by atoms with Crippen molar-refractivity contribution < 1.29 is 13.2 Å². The molecule has 6 nitrogen and oxygen atoms in total. The van der Waals surface area contributed by atoms with Crippen LogP contribution in [0.15, 0.2) is 35.2 Å². The van der Waals surface area contributed by atoms with Crippen LogP contribution >= 0.6 is 0 Å². The van der Waals surface area contributed by atoms with Crippen LogP contribution in [0.25, 0.3) is 0 Å². The molecular weight excluding hydrogens is 314 g/mol. The van der Waals surface area contributed by atoms with Crippen LogP contribution < -0.4 is 5.73 Å². The average Bonchev–Trinajstić information content (AvgIpc) is 3.01. The zero-order chi connectivity index (χ0) is 16.4. The normalized spacial score (nSPS) is 26.4. The van der Waals surface area contributed by atoms with Crippen LogP contribution in [-0.4, -0.2) is 55.8 Å². The number of carbonyl (C=O) groups is 1. The topological polar surface area (TPSA) is 83.7 Å². The lowest BCUT2D eigenvalue weighted by Gasteiger charge is -2.35. The molecule has 1 amide bonds. The standard InChI is InChI=1S/C16H23N3O3S/c17-14-7-6-13(12-14)16(20)18-8-10-19(11-9-18)23(21,22)15-4-2-1-3-5-15/h1-5,13-14H,6-12,17H2. The molecule has 7 heteroatoms. The van der Waals surface area contributed by atoms with Crippen molar-refractivity contribution in [1.29, 1.82) is 0 Å². The third kappa shape index (κ3) is 3.41. The minimum absolute atomic E-state index is 0.0160. The van der Waals surface area contributed by atoms with Crippen LogP contribution in [0.3, 0.4) is 0 Å². The molecule has 1 saturated carbocycles. The number of sulfonamides is 1. The summed E-state index contributed by atoms with van der Waals surface area (Å²) in [6.45, 7) is 1.61. The van der Waals surface area contributed by atoms with Crippen molar-refractivity contribution in [3.63, 3.8) is 0 Å². The van der Waals surface area contributed by atoms with E-state index in [0.717, 1.165) is 19.3 Å². The monoisotopic (exact) mass is 337 g/mol. The molecule has 1 aromatic carbocycles. The minimum Gasteiger partial charge on any atom is -0.340 e. The molecule has 0 spiro atoms. The van der Waals surface area contributed by atoms with Gasteiger partial charge in [0.15, 0.2) is 0 Å². The molecule has 0 radical (unpaired) electrons. The molecule has 3 rings (SSSR count). The first-order valence-corrected chi connectivity index (χ1v) is 9.52. The maximum Gasteiger partial charge on any atom is 0.243 e. The summed E-state index contributed by atoms with van der Waals surface area (Å²) in [5, 5.41) is 0. The van der Waals surface area contributed by atoms with E-state index in [1.54, 1.807) is 35.2 Å². The fourth-order valence-electron chi connectivity index (χ4n) is 3.39. The van der Waals surface area contributed by atoms with Crippen LogP contribution in [0.5, 0.6) is 0 Å². The molecule has 2 aliphatic rings. The highest BCUT2D eigenvalue weighted by Gasteiger charge is 2.34. The molecule has 2 fully saturated rings. The van der Waals surface area contributed by atoms with Gasteiger partial charge in [0, 0.05) is 38.1 Å². The molecule has 2 N–H and O–H groups in total. The molecular formula is C16H23N3O3S. The van der Waals surface area contributed by atoms with Crippen molar-refractivity contribution in [1.82, 2.24) is 9.21 Å². The van der Waals surface area contributed by atoms with Crippen molar-refractivity contribution in [3.05, 3.63) is 30.3 Å². The summed E-state index contributed by atoms with van der Waals surface area (Å²) in [6.07, 6.45) is 2.50. The summed E-state index contributed by atoms with van der Waals surface area (Å²) in [5.74, 6) is 0.150. The lowest BCUT2D eigenvalue weighted by molar-refractivity contribution is -0.136. The van der Waals surface area contributed by atoms with Gasteiger partial charge in [-0.3, -0.25) is 4.79 Å². The van der Waals surface area contributed by atoms with Crippen molar-refractivity contribution in [2.45, 2.75) is 30.2 Å². The molecule has 2 atom stereocenters. The van der Waals surface area contributed by atoms with Gasteiger partial charge < -0.3 is 10.6 Å². The maximum absolute atomic E-state index is 12.6. The number of piperazine rings is 1. The number of carbonyl (C=O) groups excluding carboxylic acids is 1. The summed E-state index contributed by atoms with van der Waals surface area (Å²) < 4.78 is 26.6. The Hall–Kier alpha value is -1.44. The molecule has 23 heavy (non-hydrogen) atoms. The van der Waals surface area contributed by atoms with Gasteiger partial charge in [-0.05, 0) is 31.4 Å². The number of hydrogen-bond acceptors (Lipinski definition) is 4. The van der Waals surface area contributed by atoms with Gasteiger partial charge >= 0.3 is 0 Å². The molecule has 1 saturated heterocycles. The van der Waals surface area contributed by atoms with E-state index in [2.05, 4.69) is 0 Å². The van der Waals surface area contributed by atoms with Gasteiger partial charge in [0.1, 0.15) is 0 Å². The Balaban J connectivity index is 1.61. The highest BCUT2D eigenvalue weighted by atomic mass is 32.2. The van der Waals surface area contributed by atoms with E-state index in [1.807, 2.05) is 0 Å². The Labute approximate surface area is 137 Å². The van der Waals surface area contributed by atoms with Crippen LogP contribution in [0.4, 0.5) is 0 Å². The third-order valence-corrected chi connectivity index (χ3v) is 6.67. The summed E-state index contributed by atoms with van der Waals surface area (Å²) in [7, 11) is -3.46. The second-order valence-electron chi connectivity index (χ2n) is 6.31. The maximum atomic E-state index is 12.6. The van der Waals surface area contributed by atoms with Gasteiger partial charge in [-0.25, -0.2) is 8.42 Å². The molecule has 0 aromatic heterocycles. The molecule has 1 aromatic rings. The Bertz CT molecular complexity index is 654. The fraction of sp³-hybridized carbons (Fsp3) is 0.562. The molecule has 2 unspecified atom stereocenters. The Morgan fingerprint density at radius 2 is 1.70 bits per heavy atom. The van der Waals surface area contributed by atoms with Crippen LogP contribution in [0, 0.1) is 5.92 Å². The van der Waals surface area contributed by atoms with Crippen molar-refractivity contribution in [3.8, 4) is 0 Å². The number of benzene rings is 1. The van der Waals surface area contributed by atoms with E-state index in [0.29, 0.717) is 31.1 Å². The van der Waals surface area contributed by atoms with Gasteiger partial charge in [-0.2, -0.15) is 4.31 Å². The average molecular weight is 337 g/mol. The van der Waals surface area contributed by atoms with E-state index in [4.69, 9.17) is 5.73 Å². The largest absolute Gasteiger partial charge is 0.340 e. The second-order valence-corrected chi connectivity index (χ2v) is 8.25. The zero-order valence-corrected chi connectivity index (χ0v) is 13.9. The Kier molecular flexibility index (Phi) is 4.70. The molecule has 1 aliphatic heterocycles. The molecule has 126 valence electrons. The van der Waals surface area contributed by atoms with Gasteiger partial charge in [-0.1, -0.05) is 18.2 Å². The lowest BCUT2D eigenvalue weighted by Crippen LogP contribution is -2.51. The molecule has 0 bridgehead atoms.